The Morgan fingerprint density at radius 2 is 1.97 bits per heavy atom. The number of halogens is 1. The molecule has 0 N–H and O–H groups in total. The van der Waals surface area contributed by atoms with Crippen LogP contribution >= 0.6 is 0 Å². The van der Waals surface area contributed by atoms with Crippen molar-refractivity contribution < 1.29 is 13.9 Å². The van der Waals surface area contributed by atoms with Gasteiger partial charge in [-0.2, -0.15) is 5.10 Å². The molecule has 3 aromatic rings. The maximum absolute atomic E-state index is 13.7. The van der Waals surface area contributed by atoms with Crippen molar-refractivity contribution in [2.45, 2.75) is 59.4 Å². The Labute approximate surface area is 211 Å². The third kappa shape index (κ3) is 6.44. The molecule has 0 bridgehead atoms. The zero-order chi connectivity index (χ0) is 25.7. The molecule has 4 rings (SSSR count). The van der Waals surface area contributed by atoms with Crippen LogP contribution in [0.2, 0.25) is 0 Å². The molecule has 9 heteroatoms. The quantitative estimate of drug-likeness (QED) is 0.442. The number of nitrogens with zero attached hydrogens (tertiary/aromatic N) is 6. The minimum Gasteiger partial charge on any atom is -0.481 e. The monoisotopic (exact) mass is 494 g/mol. The summed E-state index contributed by atoms with van der Waals surface area (Å²) < 4.78 is 20.6. The zero-order valence-electron chi connectivity index (χ0n) is 21.6. The number of rotatable bonds is 9. The van der Waals surface area contributed by atoms with E-state index in [1.165, 1.54) is 12.4 Å². The lowest BCUT2D eigenvalue weighted by atomic mass is 9.91. The first-order valence-electron chi connectivity index (χ1n) is 12.6. The highest BCUT2D eigenvalue weighted by molar-refractivity contribution is 5.76. The van der Waals surface area contributed by atoms with Crippen molar-refractivity contribution in [3.8, 4) is 17.3 Å². The molecule has 0 saturated carbocycles. The van der Waals surface area contributed by atoms with Crippen molar-refractivity contribution in [2.24, 2.45) is 11.8 Å². The SMILES string of the molecule is COc1cc(CCC2CCN(C(=O)Cn3nc(-c4ccc(F)c(C)c4)nc3CC(C)C)CC2)ncn1. The summed E-state index contributed by atoms with van der Waals surface area (Å²) in [7, 11) is 1.61. The standard InChI is InChI=1S/C27H35FN6O2/c1-18(2)13-24-31-27(21-6-8-23(28)19(3)14-21)32-34(24)16-26(35)33-11-9-20(10-12-33)5-7-22-15-25(36-4)30-17-29-22/h6,8,14-15,17-18,20H,5,7,9-13,16H2,1-4H3. The molecule has 0 unspecified atom stereocenters. The predicted molar refractivity (Wildman–Crippen MR) is 135 cm³/mol. The van der Waals surface area contributed by atoms with Crippen LogP contribution in [-0.4, -0.2) is 55.7 Å². The second-order valence-corrected chi connectivity index (χ2v) is 9.99. The largest absolute Gasteiger partial charge is 0.481 e. The summed E-state index contributed by atoms with van der Waals surface area (Å²) in [5.74, 6) is 2.64. The lowest BCUT2D eigenvalue weighted by molar-refractivity contribution is -0.133. The molecule has 0 aliphatic carbocycles. The van der Waals surface area contributed by atoms with Crippen LogP contribution in [0.1, 0.15) is 50.2 Å². The molecule has 1 fully saturated rings. The molecule has 192 valence electrons. The molecule has 1 amide bonds. The lowest BCUT2D eigenvalue weighted by Crippen LogP contribution is -2.40. The van der Waals surface area contributed by atoms with E-state index in [1.54, 1.807) is 30.8 Å². The highest BCUT2D eigenvalue weighted by Gasteiger charge is 2.24. The minimum absolute atomic E-state index is 0.0609. The number of methoxy groups -OCH3 is 1. The summed E-state index contributed by atoms with van der Waals surface area (Å²) in [6, 6.07) is 6.75. The maximum Gasteiger partial charge on any atom is 0.244 e. The summed E-state index contributed by atoms with van der Waals surface area (Å²) in [4.78, 5) is 28.2. The molecule has 8 nitrogen and oxygen atoms in total. The van der Waals surface area contributed by atoms with E-state index in [1.807, 2.05) is 11.0 Å². The Morgan fingerprint density at radius 3 is 2.67 bits per heavy atom. The number of amides is 1. The second-order valence-electron chi connectivity index (χ2n) is 9.99. The van der Waals surface area contributed by atoms with Crippen LogP contribution in [0.15, 0.2) is 30.6 Å². The van der Waals surface area contributed by atoms with E-state index in [2.05, 4.69) is 28.9 Å². The first-order chi connectivity index (χ1) is 17.3. The maximum atomic E-state index is 13.7. The van der Waals surface area contributed by atoms with Crippen LogP contribution in [0, 0.1) is 24.6 Å². The van der Waals surface area contributed by atoms with E-state index in [4.69, 9.17) is 9.72 Å². The van der Waals surface area contributed by atoms with Gasteiger partial charge in [0.1, 0.15) is 24.5 Å². The van der Waals surface area contributed by atoms with E-state index < -0.39 is 0 Å². The smallest absolute Gasteiger partial charge is 0.244 e. The molecule has 1 aliphatic heterocycles. The number of ether oxygens (including phenoxy) is 1. The molecular weight excluding hydrogens is 459 g/mol. The van der Waals surface area contributed by atoms with Gasteiger partial charge in [0.15, 0.2) is 5.82 Å². The number of aryl methyl sites for hydroxylation is 2. The van der Waals surface area contributed by atoms with E-state index in [0.717, 1.165) is 62.3 Å². The number of benzene rings is 1. The molecule has 0 spiro atoms. The van der Waals surface area contributed by atoms with Gasteiger partial charge in [0.25, 0.3) is 0 Å². The fourth-order valence-corrected chi connectivity index (χ4v) is 4.60. The fraction of sp³-hybridized carbons (Fsp3) is 0.519. The Morgan fingerprint density at radius 1 is 1.19 bits per heavy atom. The summed E-state index contributed by atoms with van der Waals surface area (Å²) in [5.41, 5.74) is 2.29. The van der Waals surface area contributed by atoms with Crippen LogP contribution in [0.3, 0.4) is 0 Å². The van der Waals surface area contributed by atoms with Crippen LogP contribution in [0.4, 0.5) is 4.39 Å². The fourth-order valence-electron chi connectivity index (χ4n) is 4.60. The number of likely N-dealkylation sites (tertiary alicyclic amines) is 1. The summed E-state index contributed by atoms with van der Waals surface area (Å²) in [6.45, 7) is 7.61. The van der Waals surface area contributed by atoms with Crippen molar-refractivity contribution in [3.05, 3.63) is 53.5 Å². The van der Waals surface area contributed by atoms with Crippen molar-refractivity contribution in [1.29, 1.82) is 0 Å². The molecule has 1 aromatic carbocycles. The number of hydrogen-bond donors (Lipinski definition) is 0. The van der Waals surface area contributed by atoms with Crippen molar-refractivity contribution >= 4 is 5.91 Å². The average Bonchev–Trinajstić information content (AvgIpc) is 3.26. The first kappa shape index (κ1) is 25.7. The Bertz CT molecular complexity index is 1190. The van der Waals surface area contributed by atoms with Crippen LogP contribution in [0.5, 0.6) is 5.88 Å². The Balaban J connectivity index is 1.36. The molecule has 1 aliphatic rings. The van der Waals surface area contributed by atoms with E-state index in [0.29, 0.717) is 29.1 Å². The number of carbonyl (C=O) groups is 1. The molecule has 3 heterocycles. The van der Waals surface area contributed by atoms with Crippen LogP contribution < -0.4 is 4.74 Å². The minimum atomic E-state index is -0.254. The molecule has 36 heavy (non-hydrogen) atoms. The van der Waals surface area contributed by atoms with Gasteiger partial charge in [0, 0.05) is 36.8 Å². The summed E-state index contributed by atoms with van der Waals surface area (Å²) in [5, 5.41) is 4.64. The van der Waals surface area contributed by atoms with Gasteiger partial charge in [-0.25, -0.2) is 24.0 Å². The average molecular weight is 495 g/mol. The second kappa shape index (κ2) is 11.6. The van der Waals surface area contributed by atoms with Gasteiger partial charge >= 0.3 is 0 Å². The van der Waals surface area contributed by atoms with Crippen molar-refractivity contribution in [3.63, 3.8) is 0 Å². The van der Waals surface area contributed by atoms with Gasteiger partial charge < -0.3 is 9.64 Å². The molecular formula is C27H35FN6O2. The van der Waals surface area contributed by atoms with Gasteiger partial charge in [0.2, 0.25) is 11.8 Å². The summed E-state index contributed by atoms with van der Waals surface area (Å²) in [6.07, 6.45) is 6.12. The summed E-state index contributed by atoms with van der Waals surface area (Å²) >= 11 is 0. The molecule has 0 atom stereocenters. The van der Waals surface area contributed by atoms with Gasteiger partial charge in [-0.3, -0.25) is 4.79 Å². The number of carbonyl (C=O) groups excluding carboxylic acids is 1. The van der Waals surface area contributed by atoms with Gasteiger partial charge in [-0.05, 0) is 68.2 Å². The molecule has 1 saturated heterocycles. The predicted octanol–water partition coefficient (Wildman–Crippen LogP) is 4.26. The lowest BCUT2D eigenvalue weighted by Gasteiger charge is -2.32. The zero-order valence-corrected chi connectivity index (χ0v) is 21.6. The number of piperidine rings is 1. The highest BCUT2D eigenvalue weighted by Crippen LogP contribution is 2.24. The van der Waals surface area contributed by atoms with Gasteiger partial charge in [-0.1, -0.05) is 13.8 Å². The first-order valence-corrected chi connectivity index (χ1v) is 12.6. The van der Waals surface area contributed by atoms with Crippen molar-refractivity contribution in [2.75, 3.05) is 20.2 Å². The van der Waals surface area contributed by atoms with Gasteiger partial charge in [0.05, 0.1) is 7.11 Å². The van der Waals surface area contributed by atoms with Crippen LogP contribution in [-0.2, 0) is 24.2 Å². The Hall–Kier alpha value is -3.36. The molecule has 2 aromatic heterocycles. The Kier molecular flexibility index (Phi) is 8.28. The van der Waals surface area contributed by atoms with Crippen LogP contribution in [0.25, 0.3) is 11.4 Å². The number of aromatic nitrogens is 5. The third-order valence-corrected chi connectivity index (χ3v) is 6.72. The third-order valence-electron chi connectivity index (χ3n) is 6.72. The normalized spacial score (nSPS) is 14.4. The topological polar surface area (TPSA) is 86.0 Å². The van der Waals surface area contributed by atoms with E-state index in [-0.39, 0.29) is 18.3 Å². The van der Waals surface area contributed by atoms with Gasteiger partial charge in [-0.15, -0.1) is 0 Å². The molecule has 0 radical (unpaired) electrons. The van der Waals surface area contributed by atoms with E-state index in [9.17, 15) is 9.18 Å². The van der Waals surface area contributed by atoms with E-state index >= 15 is 0 Å². The highest BCUT2D eigenvalue weighted by atomic mass is 19.1. The number of hydrogen-bond acceptors (Lipinski definition) is 6. The van der Waals surface area contributed by atoms with Crippen molar-refractivity contribution in [1.82, 2.24) is 29.6 Å².